The topological polar surface area (TPSA) is 186 Å². The molecule has 17 nitrogen and oxygen atoms in total. The van der Waals surface area contributed by atoms with E-state index in [-0.39, 0.29) is 11.5 Å². The zero-order chi connectivity index (χ0) is 41.3. The van der Waals surface area contributed by atoms with Crippen LogP contribution in [-0.4, -0.2) is 123 Å². The Labute approximate surface area is 333 Å². The molecule has 0 aliphatic carbocycles. The molecule has 3 aromatic rings. The van der Waals surface area contributed by atoms with Gasteiger partial charge in [0.2, 0.25) is 11.9 Å². The van der Waals surface area contributed by atoms with Crippen molar-refractivity contribution in [2.75, 3.05) is 86.9 Å². The van der Waals surface area contributed by atoms with Crippen molar-refractivity contribution in [2.45, 2.75) is 52.7 Å². The molecular weight excluding hydrogens is 733 g/mol. The van der Waals surface area contributed by atoms with Crippen molar-refractivity contribution in [3.63, 3.8) is 0 Å². The molecule has 0 spiro atoms. The monoisotopic (exact) mass is 786 g/mol. The van der Waals surface area contributed by atoms with Crippen LogP contribution >= 0.6 is 0 Å². The van der Waals surface area contributed by atoms with E-state index in [4.69, 9.17) is 13.9 Å². The van der Waals surface area contributed by atoms with E-state index in [0.717, 1.165) is 11.4 Å². The summed E-state index contributed by atoms with van der Waals surface area (Å²) in [5.41, 5.74) is 1.89. The Morgan fingerprint density at radius 1 is 0.614 bits per heavy atom. The molecule has 17 heteroatoms. The van der Waals surface area contributed by atoms with Gasteiger partial charge in [-0.25, -0.2) is 9.59 Å². The Morgan fingerprint density at radius 3 is 1.42 bits per heavy atom. The molecule has 57 heavy (non-hydrogen) atoms. The number of benzene rings is 2. The van der Waals surface area contributed by atoms with Crippen molar-refractivity contribution >= 4 is 58.7 Å². The number of piperazine rings is 2. The molecule has 2 aliphatic rings. The lowest BCUT2D eigenvalue weighted by molar-refractivity contribution is 0.0552. The second-order valence-corrected chi connectivity index (χ2v) is 15.5. The number of carbonyl (C=O) groups is 4. The number of hydrogen-bond donors (Lipinski definition) is 4. The van der Waals surface area contributed by atoms with Crippen molar-refractivity contribution < 1.29 is 33.1 Å². The average Bonchev–Trinajstić information content (AvgIpc) is 3.67. The molecule has 0 unspecified atom stereocenters. The Hall–Kier alpha value is -6.26. The van der Waals surface area contributed by atoms with Gasteiger partial charge in [0, 0.05) is 89.2 Å². The summed E-state index contributed by atoms with van der Waals surface area (Å²) < 4.78 is 16.3. The minimum Gasteiger partial charge on any atom is -0.446 e. The quantitative estimate of drug-likeness (QED) is 0.193. The number of ether oxygens (including phenoxy) is 2. The summed E-state index contributed by atoms with van der Waals surface area (Å²) in [7, 11) is 3.35. The van der Waals surface area contributed by atoms with E-state index in [1.807, 2.05) is 79.1 Å². The maximum Gasteiger partial charge on any atom is 0.437 e. The molecule has 1 aromatic heterocycles. The molecule has 3 heterocycles. The number of nitrogens with zero attached hydrogens (tertiary/aromatic N) is 6. The first-order chi connectivity index (χ1) is 27.0. The van der Waals surface area contributed by atoms with Crippen LogP contribution in [0.4, 0.5) is 32.3 Å². The van der Waals surface area contributed by atoms with Gasteiger partial charge in [-0.3, -0.25) is 19.9 Å². The maximum absolute atomic E-state index is 13.0. The van der Waals surface area contributed by atoms with Gasteiger partial charge in [-0.1, -0.05) is 0 Å². The number of anilines is 4. The van der Waals surface area contributed by atoms with Crippen LogP contribution in [0.15, 0.2) is 75.1 Å². The number of alkyl carbamates (subject to hydrolysis) is 1. The average molecular weight is 787 g/mol. The Bertz CT molecular complexity index is 1930. The largest absolute Gasteiger partial charge is 0.446 e. The van der Waals surface area contributed by atoms with E-state index in [0.29, 0.717) is 75.7 Å². The standard InChI is InChI=1S/C40H54N10O7/c1-39(2,3)56-37(53)45-35(41-7)49-23-19-47(20-24-49)29-13-9-27(10-14-29)43-33(51)31-17-18-32(55-31)34(52)44-28-11-15-30(16-12-28)48-21-25-50(26-22-48)36(42-8)46-38(54)57-40(4,5)6/h9-18H,19-26H2,1-8H3,(H,43,51)(H,44,52)(H,41,45,53)(H,42,46,54). The van der Waals surface area contributed by atoms with Crippen molar-refractivity contribution in [1.29, 1.82) is 0 Å². The first kappa shape index (κ1) is 41.9. The van der Waals surface area contributed by atoms with Crippen LogP contribution in [0.3, 0.4) is 0 Å². The Balaban J connectivity index is 1.07. The minimum atomic E-state index is -0.638. The van der Waals surface area contributed by atoms with Crippen LogP contribution in [0, 0.1) is 0 Å². The van der Waals surface area contributed by atoms with E-state index in [1.165, 1.54) is 12.1 Å². The summed E-state index contributed by atoms with van der Waals surface area (Å²) in [6.45, 7) is 16.2. The number of rotatable bonds is 6. The molecule has 4 amide bonds. The number of aliphatic imine (C=N–C) groups is 2. The number of guanidine groups is 2. The fourth-order valence-corrected chi connectivity index (χ4v) is 6.16. The first-order valence-electron chi connectivity index (χ1n) is 18.9. The predicted octanol–water partition coefficient (Wildman–Crippen LogP) is 5.05. The van der Waals surface area contributed by atoms with Crippen LogP contribution < -0.4 is 31.1 Å². The predicted molar refractivity (Wildman–Crippen MR) is 221 cm³/mol. The molecule has 0 atom stereocenters. The lowest BCUT2D eigenvalue weighted by Gasteiger charge is -2.37. The molecule has 4 N–H and O–H groups in total. The number of hydrogen-bond acceptors (Lipinski definition) is 10. The molecule has 306 valence electrons. The molecular formula is C40H54N10O7. The first-order valence-corrected chi connectivity index (χ1v) is 18.9. The molecule has 0 bridgehead atoms. The van der Waals surface area contributed by atoms with Crippen molar-refractivity contribution in [1.82, 2.24) is 20.4 Å². The number of amides is 4. The Kier molecular flexibility index (Phi) is 13.3. The highest BCUT2D eigenvalue weighted by Gasteiger charge is 2.25. The van der Waals surface area contributed by atoms with E-state index in [1.54, 1.807) is 34.9 Å². The zero-order valence-electron chi connectivity index (χ0n) is 34.0. The number of furan rings is 1. The molecule has 0 saturated carbocycles. The van der Waals surface area contributed by atoms with Gasteiger partial charge >= 0.3 is 12.2 Å². The minimum absolute atomic E-state index is 0.000734. The second kappa shape index (κ2) is 18.1. The summed E-state index contributed by atoms with van der Waals surface area (Å²) in [4.78, 5) is 67.2. The molecule has 2 aliphatic heterocycles. The van der Waals surface area contributed by atoms with Crippen LogP contribution in [0.25, 0.3) is 0 Å². The summed E-state index contributed by atoms with van der Waals surface area (Å²) >= 11 is 0. The van der Waals surface area contributed by atoms with Gasteiger partial charge in [0.15, 0.2) is 11.5 Å². The van der Waals surface area contributed by atoms with Gasteiger partial charge in [0.05, 0.1) is 0 Å². The Morgan fingerprint density at radius 2 is 1.04 bits per heavy atom. The van der Waals surface area contributed by atoms with Crippen LogP contribution in [0.5, 0.6) is 0 Å². The highest BCUT2D eigenvalue weighted by molar-refractivity contribution is 6.05. The summed E-state index contributed by atoms with van der Waals surface area (Å²) in [5, 5.41) is 11.4. The van der Waals surface area contributed by atoms with Crippen LogP contribution in [0.1, 0.15) is 62.7 Å². The van der Waals surface area contributed by atoms with Crippen molar-refractivity contribution in [3.05, 3.63) is 72.2 Å². The smallest absolute Gasteiger partial charge is 0.437 e. The van der Waals surface area contributed by atoms with Crippen LogP contribution in [0.2, 0.25) is 0 Å². The molecule has 0 radical (unpaired) electrons. The third kappa shape index (κ3) is 12.1. The number of nitrogens with one attached hydrogen (secondary N) is 4. The molecule has 2 fully saturated rings. The van der Waals surface area contributed by atoms with Crippen LogP contribution in [-0.2, 0) is 9.47 Å². The maximum atomic E-state index is 13.0. The van der Waals surface area contributed by atoms with Gasteiger partial charge in [-0.2, -0.15) is 0 Å². The van der Waals surface area contributed by atoms with E-state index < -0.39 is 35.2 Å². The van der Waals surface area contributed by atoms with Crippen molar-refractivity contribution in [3.8, 4) is 0 Å². The van der Waals surface area contributed by atoms with Crippen molar-refractivity contribution in [2.24, 2.45) is 9.98 Å². The molecule has 2 aromatic carbocycles. The highest BCUT2D eigenvalue weighted by Crippen LogP contribution is 2.23. The van der Waals surface area contributed by atoms with E-state index in [2.05, 4.69) is 41.1 Å². The van der Waals surface area contributed by atoms with Gasteiger partial charge in [-0.15, -0.1) is 4.99 Å². The second-order valence-electron chi connectivity index (χ2n) is 15.5. The lowest BCUT2D eigenvalue weighted by Crippen LogP contribution is -2.54. The highest BCUT2D eigenvalue weighted by atomic mass is 16.6. The molecule has 5 rings (SSSR count). The zero-order valence-corrected chi connectivity index (χ0v) is 34.0. The van der Waals surface area contributed by atoms with E-state index >= 15 is 0 Å². The summed E-state index contributed by atoms with van der Waals surface area (Å²) in [6, 6.07) is 17.9. The van der Waals surface area contributed by atoms with Gasteiger partial charge in [-0.05, 0) is 102 Å². The lowest BCUT2D eigenvalue weighted by atomic mass is 10.2. The SMILES string of the molecule is C/N=C(/NC(=O)OC(C)(C)C)N1CCN(c2ccc(NC(=O)c3ccc(C(=O)Nc4ccc(N5CCN(/C(=N\C(=O)OC(C)(C)C)NC)CC5)cc4)o3)cc2)CC1. The third-order valence-corrected chi connectivity index (χ3v) is 8.83. The third-order valence-electron chi connectivity index (χ3n) is 8.83. The van der Waals surface area contributed by atoms with Gasteiger partial charge < -0.3 is 49.4 Å². The fourth-order valence-electron chi connectivity index (χ4n) is 6.16. The normalized spacial score (nSPS) is 15.5. The van der Waals surface area contributed by atoms with Gasteiger partial charge in [0.1, 0.15) is 11.2 Å². The summed E-state index contributed by atoms with van der Waals surface area (Å²) in [6.07, 6.45) is -1.18. The molecule has 2 saturated heterocycles. The summed E-state index contributed by atoms with van der Waals surface area (Å²) in [5.74, 6) is -0.0380. The van der Waals surface area contributed by atoms with E-state index in [9.17, 15) is 19.2 Å². The van der Waals surface area contributed by atoms with Gasteiger partial charge in [0.25, 0.3) is 11.8 Å². The number of carbonyl (C=O) groups excluding carboxylic acids is 4. The fraction of sp³-hybridized carbons (Fsp3) is 0.450.